The fraction of sp³-hybridized carbons (Fsp3) is 0.875. The van der Waals surface area contributed by atoms with E-state index >= 15 is 0 Å². The molecule has 11 heavy (non-hydrogen) atoms. The van der Waals surface area contributed by atoms with Gasteiger partial charge in [0, 0.05) is 12.5 Å². The van der Waals surface area contributed by atoms with Crippen LogP contribution in [0.2, 0.25) is 0 Å². The van der Waals surface area contributed by atoms with Crippen molar-refractivity contribution in [2.45, 2.75) is 13.8 Å². The fourth-order valence-corrected chi connectivity index (χ4v) is 1.42. The molecule has 1 fully saturated rings. The molecule has 64 valence electrons. The molecule has 0 spiro atoms. The number of cyclic esters (lactones) is 1. The Balaban J connectivity index is 2.54. The van der Waals surface area contributed by atoms with E-state index in [4.69, 9.17) is 9.84 Å². The van der Waals surface area contributed by atoms with Crippen molar-refractivity contribution in [2.75, 3.05) is 13.2 Å². The highest BCUT2D eigenvalue weighted by Gasteiger charge is 2.36. The van der Waals surface area contributed by atoms with Gasteiger partial charge in [0.1, 0.15) is 0 Å². The lowest BCUT2D eigenvalue weighted by Crippen LogP contribution is -2.22. The zero-order chi connectivity index (χ0) is 8.43. The quantitative estimate of drug-likeness (QED) is 0.592. The Morgan fingerprint density at radius 2 is 2.45 bits per heavy atom. The summed E-state index contributed by atoms with van der Waals surface area (Å²) in [5, 5.41) is 8.83. The van der Waals surface area contributed by atoms with E-state index in [-0.39, 0.29) is 30.3 Å². The second-order valence-corrected chi connectivity index (χ2v) is 3.24. The van der Waals surface area contributed by atoms with Crippen molar-refractivity contribution in [2.24, 2.45) is 17.8 Å². The number of aliphatic hydroxyl groups excluding tert-OH is 1. The molecule has 1 N–H and O–H groups in total. The zero-order valence-corrected chi connectivity index (χ0v) is 6.91. The summed E-state index contributed by atoms with van der Waals surface area (Å²) in [7, 11) is 0. The average molecular weight is 158 g/mol. The molecule has 1 aliphatic rings. The molecule has 3 nitrogen and oxygen atoms in total. The van der Waals surface area contributed by atoms with Crippen LogP contribution in [0.1, 0.15) is 13.8 Å². The number of hydrogen-bond donors (Lipinski definition) is 1. The van der Waals surface area contributed by atoms with Crippen LogP contribution in [0.3, 0.4) is 0 Å². The second kappa shape index (κ2) is 3.22. The van der Waals surface area contributed by atoms with Crippen LogP contribution in [0.4, 0.5) is 0 Å². The maximum atomic E-state index is 10.9. The molecular weight excluding hydrogens is 144 g/mol. The fourth-order valence-electron chi connectivity index (χ4n) is 1.42. The van der Waals surface area contributed by atoms with Gasteiger partial charge in [-0.1, -0.05) is 13.8 Å². The standard InChI is InChI=1S/C8H14O3/c1-5(3-9)7-4-11-8(10)6(7)2/h5-7,9H,3-4H2,1-2H3. The molecular formula is C8H14O3. The van der Waals surface area contributed by atoms with E-state index in [2.05, 4.69) is 0 Å². The number of rotatable bonds is 2. The van der Waals surface area contributed by atoms with Gasteiger partial charge >= 0.3 is 5.97 Å². The first-order chi connectivity index (χ1) is 5.16. The van der Waals surface area contributed by atoms with E-state index in [1.165, 1.54) is 0 Å². The van der Waals surface area contributed by atoms with Gasteiger partial charge < -0.3 is 9.84 Å². The highest BCUT2D eigenvalue weighted by atomic mass is 16.5. The SMILES string of the molecule is CC(CO)C1COC(=O)C1C. The molecule has 0 aliphatic carbocycles. The van der Waals surface area contributed by atoms with Gasteiger partial charge in [-0.05, 0) is 5.92 Å². The lowest BCUT2D eigenvalue weighted by Gasteiger charge is -2.16. The lowest BCUT2D eigenvalue weighted by molar-refractivity contribution is -0.140. The minimum absolute atomic E-state index is 0.0443. The van der Waals surface area contributed by atoms with Crippen molar-refractivity contribution >= 4 is 5.97 Å². The van der Waals surface area contributed by atoms with Gasteiger partial charge in [-0.25, -0.2) is 0 Å². The Morgan fingerprint density at radius 1 is 1.82 bits per heavy atom. The number of hydrogen-bond acceptors (Lipinski definition) is 3. The third-order valence-electron chi connectivity index (χ3n) is 2.45. The monoisotopic (exact) mass is 158 g/mol. The van der Waals surface area contributed by atoms with Gasteiger partial charge in [0.25, 0.3) is 0 Å². The van der Waals surface area contributed by atoms with Gasteiger partial charge in [0.2, 0.25) is 0 Å². The van der Waals surface area contributed by atoms with Crippen LogP contribution in [-0.4, -0.2) is 24.3 Å². The molecule has 0 saturated carbocycles. The van der Waals surface area contributed by atoms with Crippen molar-refractivity contribution in [1.82, 2.24) is 0 Å². The van der Waals surface area contributed by atoms with Crippen LogP contribution in [0, 0.1) is 17.8 Å². The predicted octanol–water partition coefficient (Wildman–Crippen LogP) is 0.424. The van der Waals surface area contributed by atoms with Crippen molar-refractivity contribution in [1.29, 1.82) is 0 Å². The smallest absolute Gasteiger partial charge is 0.309 e. The Hall–Kier alpha value is -0.570. The first kappa shape index (κ1) is 8.53. The third kappa shape index (κ3) is 1.53. The first-order valence-electron chi connectivity index (χ1n) is 3.94. The summed E-state index contributed by atoms with van der Waals surface area (Å²) in [5.41, 5.74) is 0. The summed E-state index contributed by atoms with van der Waals surface area (Å²) in [5.74, 6) is 0.191. The number of aliphatic hydroxyl groups is 1. The molecule has 1 heterocycles. The van der Waals surface area contributed by atoms with Crippen molar-refractivity contribution < 1.29 is 14.6 Å². The minimum atomic E-state index is -0.129. The molecule has 0 amide bonds. The molecule has 0 aromatic carbocycles. The Bertz CT molecular complexity index is 155. The van der Waals surface area contributed by atoms with Gasteiger partial charge in [-0.2, -0.15) is 0 Å². The number of carbonyl (C=O) groups excluding carboxylic acids is 1. The molecule has 1 saturated heterocycles. The van der Waals surface area contributed by atoms with E-state index in [0.29, 0.717) is 6.61 Å². The van der Waals surface area contributed by atoms with E-state index in [0.717, 1.165) is 0 Å². The molecule has 1 aliphatic heterocycles. The molecule has 3 heteroatoms. The van der Waals surface area contributed by atoms with Crippen LogP contribution in [0.15, 0.2) is 0 Å². The normalized spacial score (nSPS) is 33.5. The maximum Gasteiger partial charge on any atom is 0.309 e. The predicted molar refractivity (Wildman–Crippen MR) is 39.9 cm³/mol. The number of esters is 1. The van der Waals surface area contributed by atoms with Crippen molar-refractivity contribution in [3.63, 3.8) is 0 Å². The van der Waals surface area contributed by atoms with Crippen molar-refractivity contribution in [3.05, 3.63) is 0 Å². The van der Waals surface area contributed by atoms with Crippen molar-refractivity contribution in [3.8, 4) is 0 Å². The largest absolute Gasteiger partial charge is 0.465 e. The number of carbonyl (C=O) groups is 1. The lowest BCUT2D eigenvalue weighted by atomic mass is 9.86. The van der Waals surface area contributed by atoms with Gasteiger partial charge in [-0.3, -0.25) is 4.79 Å². The van der Waals surface area contributed by atoms with Gasteiger partial charge in [0.15, 0.2) is 0 Å². The highest BCUT2D eigenvalue weighted by molar-refractivity contribution is 5.74. The van der Waals surface area contributed by atoms with Gasteiger partial charge in [0.05, 0.1) is 12.5 Å². The molecule has 0 aromatic rings. The van der Waals surface area contributed by atoms with Crippen LogP contribution < -0.4 is 0 Å². The molecule has 3 unspecified atom stereocenters. The van der Waals surface area contributed by atoms with Crippen LogP contribution in [0.25, 0.3) is 0 Å². The Labute approximate surface area is 66.4 Å². The molecule has 3 atom stereocenters. The van der Waals surface area contributed by atoms with E-state index in [9.17, 15) is 4.79 Å². The minimum Gasteiger partial charge on any atom is -0.465 e. The number of ether oxygens (including phenoxy) is 1. The second-order valence-electron chi connectivity index (χ2n) is 3.24. The van der Waals surface area contributed by atoms with Crippen LogP contribution in [0.5, 0.6) is 0 Å². The highest BCUT2D eigenvalue weighted by Crippen LogP contribution is 2.27. The summed E-state index contributed by atoms with van der Waals surface area (Å²) in [6.07, 6.45) is 0. The Kier molecular flexibility index (Phi) is 2.49. The van der Waals surface area contributed by atoms with E-state index in [1.54, 1.807) is 0 Å². The average Bonchev–Trinajstić information content (AvgIpc) is 2.32. The zero-order valence-electron chi connectivity index (χ0n) is 6.91. The summed E-state index contributed by atoms with van der Waals surface area (Å²) in [6.45, 7) is 4.39. The van der Waals surface area contributed by atoms with Gasteiger partial charge in [-0.15, -0.1) is 0 Å². The van der Waals surface area contributed by atoms with E-state index in [1.807, 2.05) is 13.8 Å². The molecule has 0 radical (unpaired) electrons. The first-order valence-corrected chi connectivity index (χ1v) is 3.94. The third-order valence-corrected chi connectivity index (χ3v) is 2.45. The molecule has 0 bridgehead atoms. The summed E-state index contributed by atoms with van der Waals surface area (Å²) in [4.78, 5) is 10.9. The molecule has 1 rings (SSSR count). The summed E-state index contributed by atoms with van der Waals surface area (Å²) < 4.78 is 4.85. The van der Waals surface area contributed by atoms with Crippen LogP contribution >= 0.6 is 0 Å². The summed E-state index contributed by atoms with van der Waals surface area (Å²) >= 11 is 0. The molecule has 0 aromatic heterocycles. The topological polar surface area (TPSA) is 46.5 Å². The maximum absolute atomic E-state index is 10.9. The van der Waals surface area contributed by atoms with Crippen LogP contribution in [-0.2, 0) is 9.53 Å². The summed E-state index contributed by atoms with van der Waals surface area (Å²) in [6, 6.07) is 0. The Morgan fingerprint density at radius 3 is 2.82 bits per heavy atom. The van der Waals surface area contributed by atoms with E-state index < -0.39 is 0 Å².